The van der Waals surface area contributed by atoms with Crippen molar-refractivity contribution in [2.75, 3.05) is 0 Å². The molecular formula is C5H8N4OS. The van der Waals surface area contributed by atoms with Gasteiger partial charge in [-0.1, -0.05) is 12.8 Å². The maximum Gasteiger partial charge on any atom is 0.226 e. The number of nitrogens with one attached hydrogen (secondary N) is 1. The average molecular weight is 172 g/mol. The third-order valence-corrected chi connectivity index (χ3v) is 0.881. The summed E-state index contributed by atoms with van der Waals surface area (Å²) in [6.07, 6.45) is 3.15. The predicted octanol–water partition coefficient (Wildman–Crippen LogP) is -0.161. The Morgan fingerprint density at radius 2 is 1.91 bits per heavy atom. The number of carbonyl (C=O) groups is 1. The van der Waals surface area contributed by atoms with E-state index in [9.17, 15) is 4.79 Å². The largest absolute Gasteiger partial charge is 0.303 e. The molecule has 1 N–H and O–H groups in total. The number of hydrogen-bond donors (Lipinski definition) is 2. The number of nitrogens with zero attached hydrogens (tertiary/aromatic N) is 3. The van der Waals surface area contributed by atoms with E-state index in [1.165, 1.54) is 6.92 Å². The van der Waals surface area contributed by atoms with Crippen LogP contribution in [-0.2, 0) is 4.79 Å². The van der Waals surface area contributed by atoms with Crippen molar-refractivity contribution in [2.24, 2.45) is 0 Å². The van der Waals surface area contributed by atoms with E-state index in [1.54, 1.807) is 18.5 Å². The number of carbonyl (C=O) groups excluding carboxylic acids is 1. The highest BCUT2D eigenvalue weighted by Gasteiger charge is 1.73. The standard InChI is InChI=1S/C3H3N3.C2H5NOS/c1-2-4-6-5-3-1;1-2(4)3-5/h1-3H;5H,1H3,(H,3,4). The molecule has 0 bridgehead atoms. The lowest BCUT2D eigenvalue weighted by molar-refractivity contribution is -0.117. The monoisotopic (exact) mass is 172 g/mol. The molecule has 0 aliphatic heterocycles. The van der Waals surface area contributed by atoms with Gasteiger partial charge < -0.3 is 4.72 Å². The highest BCUT2D eigenvalue weighted by Crippen LogP contribution is 1.61. The van der Waals surface area contributed by atoms with Crippen molar-refractivity contribution in [1.29, 1.82) is 0 Å². The van der Waals surface area contributed by atoms with Gasteiger partial charge in [0.15, 0.2) is 0 Å². The minimum atomic E-state index is -0.131. The molecule has 0 saturated carbocycles. The van der Waals surface area contributed by atoms with Gasteiger partial charge in [-0.05, 0) is 11.3 Å². The molecule has 1 aromatic heterocycles. The summed E-state index contributed by atoms with van der Waals surface area (Å²) in [5.41, 5.74) is 0. The predicted molar refractivity (Wildman–Crippen MR) is 42.6 cm³/mol. The van der Waals surface area contributed by atoms with Crippen molar-refractivity contribution < 1.29 is 4.79 Å². The Labute approximate surface area is 69.8 Å². The molecule has 0 spiro atoms. The summed E-state index contributed by atoms with van der Waals surface area (Å²) in [6.45, 7) is 1.40. The quantitative estimate of drug-likeness (QED) is 0.533. The van der Waals surface area contributed by atoms with Gasteiger partial charge in [0.25, 0.3) is 0 Å². The van der Waals surface area contributed by atoms with E-state index in [0.717, 1.165) is 0 Å². The third-order valence-electron chi connectivity index (χ3n) is 0.566. The van der Waals surface area contributed by atoms with Crippen molar-refractivity contribution in [3.05, 3.63) is 18.5 Å². The molecule has 0 unspecified atom stereocenters. The molecule has 0 aliphatic carbocycles. The van der Waals surface area contributed by atoms with Crippen molar-refractivity contribution in [1.82, 2.24) is 20.1 Å². The molecule has 0 aliphatic rings. The molecule has 1 heterocycles. The van der Waals surface area contributed by atoms with E-state index in [-0.39, 0.29) is 5.91 Å². The zero-order valence-corrected chi connectivity index (χ0v) is 6.82. The normalized spacial score (nSPS) is 7.45. The fraction of sp³-hybridized carbons (Fsp3) is 0.200. The van der Waals surface area contributed by atoms with Crippen LogP contribution in [0.3, 0.4) is 0 Å². The summed E-state index contributed by atoms with van der Waals surface area (Å²) >= 11 is 3.42. The molecule has 0 saturated heterocycles. The number of amides is 1. The fourth-order valence-corrected chi connectivity index (χ4v) is 0.205. The second-order valence-corrected chi connectivity index (χ2v) is 1.70. The first kappa shape index (κ1) is 9.83. The summed E-state index contributed by atoms with van der Waals surface area (Å²) < 4.78 is 2.08. The zero-order chi connectivity index (χ0) is 8.53. The Hall–Kier alpha value is -1.17. The van der Waals surface area contributed by atoms with Crippen LogP contribution in [0.25, 0.3) is 0 Å². The van der Waals surface area contributed by atoms with Crippen LogP contribution in [0.1, 0.15) is 6.92 Å². The van der Waals surface area contributed by atoms with Gasteiger partial charge in [-0.25, -0.2) is 0 Å². The lowest BCUT2D eigenvalue weighted by atomic mass is 10.7. The lowest BCUT2D eigenvalue weighted by Crippen LogP contribution is -2.04. The smallest absolute Gasteiger partial charge is 0.226 e. The van der Waals surface area contributed by atoms with E-state index in [2.05, 4.69) is 32.9 Å². The molecule has 1 aromatic rings. The average Bonchev–Trinajstić information content (AvgIpc) is 2.09. The maximum absolute atomic E-state index is 9.62. The molecule has 0 aromatic carbocycles. The van der Waals surface area contributed by atoms with Crippen molar-refractivity contribution >= 4 is 18.7 Å². The number of aromatic nitrogens is 3. The first-order valence-electron chi connectivity index (χ1n) is 2.76. The van der Waals surface area contributed by atoms with E-state index < -0.39 is 0 Å². The van der Waals surface area contributed by atoms with Gasteiger partial charge in [-0.2, -0.15) is 0 Å². The van der Waals surface area contributed by atoms with Crippen LogP contribution < -0.4 is 4.72 Å². The van der Waals surface area contributed by atoms with Crippen LogP contribution in [-0.4, -0.2) is 21.3 Å². The van der Waals surface area contributed by atoms with Crippen LogP contribution in [0.4, 0.5) is 0 Å². The fourth-order valence-electron chi connectivity index (χ4n) is 0.205. The van der Waals surface area contributed by atoms with Crippen molar-refractivity contribution in [3.8, 4) is 0 Å². The summed E-state index contributed by atoms with van der Waals surface area (Å²) in [6, 6.07) is 1.72. The third kappa shape index (κ3) is 8.83. The Morgan fingerprint density at radius 1 is 1.45 bits per heavy atom. The number of thiol groups is 1. The molecule has 5 nitrogen and oxygen atoms in total. The molecule has 6 heteroatoms. The van der Waals surface area contributed by atoms with Crippen LogP contribution in [0.2, 0.25) is 0 Å². The second-order valence-electron chi connectivity index (χ2n) is 1.48. The van der Waals surface area contributed by atoms with Gasteiger partial charge in [0.1, 0.15) is 0 Å². The summed E-state index contributed by atoms with van der Waals surface area (Å²) in [5, 5.41) is 10.1. The maximum atomic E-state index is 9.62. The molecule has 11 heavy (non-hydrogen) atoms. The zero-order valence-electron chi connectivity index (χ0n) is 5.93. The van der Waals surface area contributed by atoms with Gasteiger partial charge in [-0.3, -0.25) is 4.79 Å². The van der Waals surface area contributed by atoms with E-state index in [1.807, 2.05) is 0 Å². The summed E-state index contributed by atoms with van der Waals surface area (Å²) in [4.78, 5) is 9.62. The Kier molecular flexibility index (Phi) is 6.20. The van der Waals surface area contributed by atoms with Crippen molar-refractivity contribution in [3.63, 3.8) is 0 Å². The van der Waals surface area contributed by atoms with Gasteiger partial charge in [0, 0.05) is 6.92 Å². The van der Waals surface area contributed by atoms with E-state index >= 15 is 0 Å². The Morgan fingerprint density at radius 3 is 2.00 bits per heavy atom. The topological polar surface area (TPSA) is 67.8 Å². The molecule has 1 rings (SSSR count). The Bertz CT molecular complexity index is 166. The molecule has 60 valence electrons. The lowest BCUT2D eigenvalue weighted by Gasteiger charge is -1.78. The first-order chi connectivity index (χ1) is 5.27. The SMILES string of the molecule is CC(=O)NS.c1cnnnc1. The van der Waals surface area contributed by atoms with Crippen LogP contribution in [0.15, 0.2) is 18.5 Å². The minimum absolute atomic E-state index is 0.131. The molecular weight excluding hydrogens is 164 g/mol. The van der Waals surface area contributed by atoms with E-state index in [4.69, 9.17) is 0 Å². The molecule has 0 fully saturated rings. The molecule has 0 atom stereocenters. The molecule has 0 radical (unpaired) electrons. The summed E-state index contributed by atoms with van der Waals surface area (Å²) in [5.74, 6) is -0.131. The first-order valence-corrected chi connectivity index (χ1v) is 3.21. The second kappa shape index (κ2) is 6.94. The Balaban J connectivity index is 0.000000187. The van der Waals surface area contributed by atoms with Crippen LogP contribution >= 0.6 is 12.8 Å². The van der Waals surface area contributed by atoms with Gasteiger partial charge in [-0.15, -0.1) is 10.2 Å². The molecule has 1 amide bonds. The minimum Gasteiger partial charge on any atom is -0.303 e. The van der Waals surface area contributed by atoms with Gasteiger partial charge in [0.05, 0.1) is 12.4 Å². The van der Waals surface area contributed by atoms with Gasteiger partial charge >= 0.3 is 0 Å². The van der Waals surface area contributed by atoms with E-state index in [0.29, 0.717) is 0 Å². The highest BCUT2D eigenvalue weighted by molar-refractivity contribution is 7.78. The summed E-state index contributed by atoms with van der Waals surface area (Å²) in [7, 11) is 0. The van der Waals surface area contributed by atoms with Crippen molar-refractivity contribution in [2.45, 2.75) is 6.92 Å². The van der Waals surface area contributed by atoms with Crippen LogP contribution in [0.5, 0.6) is 0 Å². The number of rotatable bonds is 0. The number of hydrogen-bond acceptors (Lipinski definition) is 5. The highest BCUT2D eigenvalue weighted by atomic mass is 32.1. The van der Waals surface area contributed by atoms with Crippen LogP contribution in [0, 0.1) is 0 Å². The van der Waals surface area contributed by atoms with Gasteiger partial charge in [0.2, 0.25) is 5.91 Å².